The van der Waals surface area contributed by atoms with Crippen molar-refractivity contribution in [3.05, 3.63) is 97.2 Å². The number of carbonyl (C=O) groups is 3. The number of hydrogen-bond acceptors (Lipinski definition) is 6. The fraction of sp³-hybridized carbons (Fsp3) is 0.689. The molecule has 67 heavy (non-hydrogen) atoms. The molecule has 1 unspecified atom stereocenters. The average molecular weight is 931 g/mol. The van der Waals surface area contributed by atoms with Gasteiger partial charge in [-0.3, -0.25) is 14.4 Å². The van der Waals surface area contributed by atoms with Crippen LogP contribution >= 0.6 is 0 Å². The Morgan fingerprint density at radius 3 is 1.07 bits per heavy atom. The molecular weight excluding hydrogens is 829 g/mol. The van der Waals surface area contributed by atoms with Crippen LogP contribution in [0.5, 0.6) is 0 Å². The molecule has 0 spiro atoms. The molecule has 0 aromatic rings. The van der Waals surface area contributed by atoms with Crippen molar-refractivity contribution >= 4 is 17.9 Å². The summed E-state index contributed by atoms with van der Waals surface area (Å²) in [7, 11) is 0. The Hall–Kier alpha value is -3.67. The van der Waals surface area contributed by atoms with E-state index in [-0.39, 0.29) is 31.6 Å². The fourth-order valence-corrected chi connectivity index (χ4v) is 7.42. The quantitative estimate of drug-likeness (QED) is 0.0199. The lowest BCUT2D eigenvalue weighted by atomic mass is 10.1. The molecule has 6 heteroatoms. The number of allylic oxidation sites excluding steroid dienone is 16. The van der Waals surface area contributed by atoms with Crippen molar-refractivity contribution in [2.75, 3.05) is 13.2 Å². The molecule has 0 aliphatic rings. The van der Waals surface area contributed by atoms with Crippen LogP contribution in [-0.4, -0.2) is 37.2 Å². The maximum absolute atomic E-state index is 12.8. The van der Waals surface area contributed by atoms with Crippen LogP contribution in [0.3, 0.4) is 0 Å². The standard InChI is InChI=1S/C61H102O6/c1-4-7-10-13-16-19-22-25-28-31-34-36-39-42-45-48-51-54-60(63)66-57-58(67-61(64)55-52-49-46-43-40-37-33-30-27-24-21-18-15-12-9-6-3)56-65-59(62)53-50-47-44-41-38-35-32-29-26-23-20-17-14-11-8-5-2/h9,12,18,21,25,27-30,32,35,37-38,40,46,49,58H,4-8,10-11,13-17,19-20,22-24,26,31,33-34,36,39,41-45,47-48,50-57H2,1-3H3/b12-9-,21-18-,28-25-,30-27-,32-29-,38-35-,40-37-,49-46-. The second-order valence-corrected chi connectivity index (χ2v) is 18.1. The summed E-state index contributed by atoms with van der Waals surface area (Å²) in [4.78, 5) is 38.1. The van der Waals surface area contributed by atoms with Crippen molar-refractivity contribution in [3.63, 3.8) is 0 Å². The predicted octanol–water partition coefficient (Wildman–Crippen LogP) is 18.5. The molecule has 0 fully saturated rings. The van der Waals surface area contributed by atoms with Crippen LogP contribution in [0, 0.1) is 0 Å². The van der Waals surface area contributed by atoms with E-state index >= 15 is 0 Å². The molecule has 0 saturated heterocycles. The topological polar surface area (TPSA) is 78.9 Å². The van der Waals surface area contributed by atoms with E-state index in [0.717, 1.165) is 83.5 Å². The Labute approximate surface area is 413 Å². The van der Waals surface area contributed by atoms with Gasteiger partial charge in [-0.2, -0.15) is 0 Å². The third-order valence-electron chi connectivity index (χ3n) is 11.6. The van der Waals surface area contributed by atoms with Gasteiger partial charge in [0.1, 0.15) is 13.2 Å². The second kappa shape index (κ2) is 54.9. The first-order valence-electron chi connectivity index (χ1n) is 27.8. The summed E-state index contributed by atoms with van der Waals surface area (Å²) in [6.45, 7) is 6.43. The first-order chi connectivity index (χ1) is 33.0. The first kappa shape index (κ1) is 63.3. The Morgan fingerprint density at radius 1 is 0.328 bits per heavy atom. The zero-order chi connectivity index (χ0) is 48.6. The van der Waals surface area contributed by atoms with Crippen LogP contribution in [0.25, 0.3) is 0 Å². The summed E-state index contributed by atoms with van der Waals surface area (Å²) in [5, 5.41) is 0. The smallest absolute Gasteiger partial charge is 0.306 e. The highest BCUT2D eigenvalue weighted by Gasteiger charge is 2.19. The zero-order valence-electron chi connectivity index (χ0n) is 43.6. The van der Waals surface area contributed by atoms with Crippen molar-refractivity contribution in [2.24, 2.45) is 0 Å². The van der Waals surface area contributed by atoms with Gasteiger partial charge in [0.05, 0.1) is 0 Å². The van der Waals surface area contributed by atoms with E-state index in [1.807, 2.05) is 12.2 Å². The van der Waals surface area contributed by atoms with Gasteiger partial charge < -0.3 is 14.2 Å². The van der Waals surface area contributed by atoms with E-state index in [1.165, 1.54) is 122 Å². The largest absolute Gasteiger partial charge is 0.462 e. The molecule has 1 atom stereocenters. The van der Waals surface area contributed by atoms with Crippen molar-refractivity contribution < 1.29 is 28.6 Å². The number of carbonyl (C=O) groups excluding carboxylic acids is 3. The molecule has 6 nitrogen and oxygen atoms in total. The zero-order valence-corrected chi connectivity index (χ0v) is 43.6. The van der Waals surface area contributed by atoms with E-state index in [9.17, 15) is 14.4 Å². The van der Waals surface area contributed by atoms with Gasteiger partial charge in [0, 0.05) is 19.3 Å². The summed E-state index contributed by atoms with van der Waals surface area (Å²) in [5.41, 5.74) is 0. The van der Waals surface area contributed by atoms with Crippen LogP contribution in [0.1, 0.15) is 252 Å². The molecule has 0 saturated carbocycles. The van der Waals surface area contributed by atoms with E-state index < -0.39 is 12.1 Å². The maximum Gasteiger partial charge on any atom is 0.306 e. The Balaban J connectivity index is 4.53. The molecule has 382 valence electrons. The number of hydrogen-bond donors (Lipinski definition) is 0. The van der Waals surface area contributed by atoms with Crippen molar-refractivity contribution in [1.29, 1.82) is 0 Å². The van der Waals surface area contributed by atoms with Gasteiger partial charge >= 0.3 is 17.9 Å². The molecule has 0 N–H and O–H groups in total. The van der Waals surface area contributed by atoms with Crippen LogP contribution in [-0.2, 0) is 28.6 Å². The van der Waals surface area contributed by atoms with Crippen LogP contribution < -0.4 is 0 Å². The lowest BCUT2D eigenvalue weighted by Gasteiger charge is -2.18. The number of ether oxygens (including phenoxy) is 3. The van der Waals surface area contributed by atoms with Crippen LogP contribution in [0.2, 0.25) is 0 Å². The molecule has 0 aromatic heterocycles. The highest BCUT2D eigenvalue weighted by atomic mass is 16.6. The van der Waals surface area contributed by atoms with Gasteiger partial charge in [-0.1, -0.05) is 227 Å². The summed E-state index contributed by atoms with van der Waals surface area (Å²) in [6, 6.07) is 0. The third-order valence-corrected chi connectivity index (χ3v) is 11.6. The minimum absolute atomic E-state index is 0.118. The molecular formula is C61H102O6. The minimum Gasteiger partial charge on any atom is -0.462 e. The number of unbranched alkanes of at least 4 members (excludes halogenated alkanes) is 23. The summed E-state index contributed by atoms with van der Waals surface area (Å²) < 4.78 is 16.7. The van der Waals surface area contributed by atoms with Gasteiger partial charge in [0.15, 0.2) is 6.10 Å². The summed E-state index contributed by atoms with van der Waals surface area (Å²) in [5.74, 6) is -1.03. The third kappa shape index (κ3) is 53.2. The van der Waals surface area contributed by atoms with Gasteiger partial charge in [0.25, 0.3) is 0 Å². The van der Waals surface area contributed by atoms with Crippen LogP contribution in [0.15, 0.2) is 97.2 Å². The first-order valence-corrected chi connectivity index (χ1v) is 27.8. The monoisotopic (exact) mass is 931 g/mol. The molecule has 0 heterocycles. The van der Waals surface area contributed by atoms with Crippen molar-refractivity contribution in [2.45, 2.75) is 258 Å². The van der Waals surface area contributed by atoms with E-state index in [0.29, 0.717) is 19.3 Å². The SMILES string of the molecule is CC/C=C\C/C=C\C/C=C\C/C=C\C/C=C\CCC(=O)OC(COC(=O)CCCCC/C=C\C=C/CCCCCCCCC)COC(=O)CCCCCCCCC/C=C\CCCCCCCC. The van der Waals surface area contributed by atoms with E-state index in [2.05, 4.69) is 106 Å². The number of rotatable bonds is 49. The molecule has 0 aliphatic carbocycles. The molecule has 0 aliphatic heterocycles. The molecule has 0 bridgehead atoms. The number of esters is 3. The van der Waals surface area contributed by atoms with E-state index in [4.69, 9.17) is 14.2 Å². The molecule has 0 amide bonds. The van der Waals surface area contributed by atoms with Crippen LogP contribution in [0.4, 0.5) is 0 Å². The highest BCUT2D eigenvalue weighted by molar-refractivity contribution is 5.71. The molecule has 0 aromatic carbocycles. The van der Waals surface area contributed by atoms with Gasteiger partial charge in [-0.05, 0) is 103 Å². The van der Waals surface area contributed by atoms with Crippen molar-refractivity contribution in [3.8, 4) is 0 Å². The van der Waals surface area contributed by atoms with E-state index in [1.54, 1.807) is 0 Å². The summed E-state index contributed by atoms with van der Waals surface area (Å²) >= 11 is 0. The molecule has 0 radical (unpaired) electrons. The Bertz CT molecular complexity index is 1350. The Morgan fingerprint density at radius 2 is 0.657 bits per heavy atom. The summed E-state index contributed by atoms with van der Waals surface area (Å²) in [6.07, 6.45) is 72.6. The fourth-order valence-electron chi connectivity index (χ4n) is 7.42. The maximum atomic E-state index is 12.8. The lowest BCUT2D eigenvalue weighted by Crippen LogP contribution is -2.30. The van der Waals surface area contributed by atoms with Gasteiger partial charge in [0.2, 0.25) is 0 Å². The average Bonchev–Trinajstić information content (AvgIpc) is 3.33. The second-order valence-electron chi connectivity index (χ2n) is 18.1. The predicted molar refractivity (Wildman–Crippen MR) is 288 cm³/mol. The Kier molecular flexibility index (Phi) is 51.9. The van der Waals surface area contributed by atoms with Gasteiger partial charge in [-0.25, -0.2) is 0 Å². The van der Waals surface area contributed by atoms with Gasteiger partial charge in [-0.15, -0.1) is 0 Å². The highest BCUT2D eigenvalue weighted by Crippen LogP contribution is 2.13. The minimum atomic E-state index is -0.830. The lowest BCUT2D eigenvalue weighted by molar-refractivity contribution is -0.166. The van der Waals surface area contributed by atoms with Crippen molar-refractivity contribution in [1.82, 2.24) is 0 Å². The molecule has 0 rings (SSSR count). The normalized spacial score (nSPS) is 12.8.